The predicted molar refractivity (Wildman–Crippen MR) is 71.0 cm³/mol. The normalized spacial score (nSPS) is 9.68. The number of H-pyrrole nitrogens is 1. The molecule has 0 spiro atoms. The second kappa shape index (κ2) is 5.19. The summed E-state index contributed by atoms with van der Waals surface area (Å²) in [4.78, 5) is 27.0. The number of hydrogen-bond acceptors (Lipinski definition) is 3. The van der Waals surface area contributed by atoms with Crippen LogP contribution in [0.1, 0.15) is 15.9 Å². The monoisotopic (exact) mass is 253 g/mol. The van der Waals surface area contributed by atoms with Crippen LogP contribution in [0.25, 0.3) is 0 Å². The first-order chi connectivity index (χ1) is 9.11. The zero-order chi connectivity index (χ0) is 13.8. The molecule has 1 amide bonds. The Hall–Kier alpha value is -2.87. The van der Waals surface area contributed by atoms with Crippen LogP contribution >= 0.6 is 0 Å². The zero-order valence-electron chi connectivity index (χ0n) is 10.3. The summed E-state index contributed by atoms with van der Waals surface area (Å²) >= 11 is 0. The highest BCUT2D eigenvalue weighted by Crippen LogP contribution is 2.15. The fourth-order valence-corrected chi connectivity index (χ4v) is 1.61. The maximum Gasteiger partial charge on any atom is 0.259 e. The number of aromatic nitrogens is 1. The highest BCUT2D eigenvalue weighted by molar-refractivity contribution is 6.05. The molecule has 0 aliphatic rings. The first-order valence-electron chi connectivity index (χ1n) is 5.59. The molecule has 2 rings (SSSR count). The molecule has 2 aromatic rings. The molecule has 0 aliphatic carbocycles. The van der Waals surface area contributed by atoms with E-state index >= 15 is 0 Å². The van der Waals surface area contributed by atoms with E-state index in [2.05, 4.69) is 4.98 Å². The largest absolute Gasteiger partial charge is 0.328 e. The summed E-state index contributed by atoms with van der Waals surface area (Å²) < 4.78 is 0. The van der Waals surface area contributed by atoms with Gasteiger partial charge in [0.1, 0.15) is 0 Å². The van der Waals surface area contributed by atoms with Gasteiger partial charge < -0.3 is 9.88 Å². The van der Waals surface area contributed by atoms with Crippen LogP contribution in [0.15, 0.2) is 47.4 Å². The van der Waals surface area contributed by atoms with Crippen LogP contribution < -0.4 is 10.5 Å². The third-order valence-electron chi connectivity index (χ3n) is 2.72. The number of carbonyl (C=O) groups is 1. The van der Waals surface area contributed by atoms with Crippen molar-refractivity contribution in [2.75, 3.05) is 11.9 Å². The van der Waals surface area contributed by atoms with Crippen molar-refractivity contribution in [2.45, 2.75) is 0 Å². The average molecular weight is 253 g/mol. The molecule has 0 unspecified atom stereocenters. The molecular weight excluding hydrogens is 242 g/mol. The molecule has 1 aromatic heterocycles. The van der Waals surface area contributed by atoms with E-state index in [0.29, 0.717) is 16.8 Å². The molecule has 1 heterocycles. The number of nitrogens with zero attached hydrogens (tertiary/aromatic N) is 2. The Kier molecular flexibility index (Phi) is 3.44. The molecule has 19 heavy (non-hydrogen) atoms. The van der Waals surface area contributed by atoms with Gasteiger partial charge in [-0.15, -0.1) is 0 Å². The van der Waals surface area contributed by atoms with Crippen LogP contribution in [-0.2, 0) is 0 Å². The van der Waals surface area contributed by atoms with Crippen molar-refractivity contribution < 1.29 is 4.79 Å². The summed E-state index contributed by atoms with van der Waals surface area (Å²) in [5, 5.41) is 8.72. The van der Waals surface area contributed by atoms with E-state index in [0.717, 1.165) is 0 Å². The number of pyridine rings is 1. The van der Waals surface area contributed by atoms with E-state index in [1.807, 2.05) is 6.07 Å². The molecule has 0 radical (unpaired) electrons. The Balaban J connectivity index is 2.25. The predicted octanol–water partition coefficient (Wildman–Crippen LogP) is 1.52. The van der Waals surface area contributed by atoms with Crippen molar-refractivity contribution >= 4 is 11.6 Å². The summed E-state index contributed by atoms with van der Waals surface area (Å²) in [7, 11) is 1.63. The molecule has 5 nitrogen and oxygen atoms in total. The molecule has 0 bridgehead atoms. The van der Waals surface area contributed by atoms with E-state index in [1.165, 1.54) is 23.2 Å². The van der Waals surface area contributed by atoms with Crippen LogP contribution in [0.2, 0.25) is 0 Å². The van der Waals surface area contributed by atoms with Crippen molar-refractivity contribution in [1.82, 2.24) is 4.98 Å². The summed E-state index contributed by atoms with van der Waals surface area (Å²) in [6.07, 6.45) is 1.38. The number of hydrogen-bond donors (Lipinski definition) is 1. The van der Waals surface area contributed by atoms with Crippen molar-refractivity contribution in [3.63, 3.8) is 0 Å². The zero-order valence-corrected chi connectivity index (χ0v) is 10.3. The molecule has 0 aliphatic heterocycles. The van der Waals surface area contributed by atoms with Gasteiger partial charge in [-0.1, -0.05) is 0 Å². The van der Waals surface area contributed by atoms with Crippen LogP contribution in [0.4, 0.5) is 5.69 Å². The van der Waals surface area contributed by atoms with Gasteiger partial charge in [0.25, 0.3) is 5.91 Å². The summed E-state index contributed by atoms with van der Waals surface area (Å²) in [6, 6.07) is 11.5. The Morgan fingerprint density at radius 1 is 1.21 bits per heavy atom. The number of anilines is 1. The first kappa shape index (κ1) is 12.6. The van der Waals surface area contributed by atoms with Gasteiger partial charge in [0, 0.05) is 25.0 Å². The maximum atomic E-state index is 12.1. The lowest BCUT2D eigenvalue weighted by molar-refractivity contribution is 0.0992. The van der Waals surface area contributed by atoms with Crippen LogP contribution in [-0.4, -0.2) is 17.9 Å². The number of carbonyl (C=O) groups excluding carboxylic acids is 1. The fraction of sp³-hybridized carbons (Fsp3) is 0.0714. The van der Waals surface area contributed by atoms with Crippen molar-refractivity contribution in [2.24, 2.45) is 0 Å². The molecule has 1 N–H and O–H groups in total. The van der Waals surface area contributed by atoms with Gasteiger partial charge >= 0.3 is 0 Å². The molecule has 0 saturated carbocycles. The number of nitrogens with one attached hydrogen (secondary N) is 1. The van der Waals surface area contributed by atoms with Gasteiger partial charge in [-0.2, -0.15) is 5.26 Å². The van der Waals surface area contributed by atoms with Crippen LogP contribution in [0, 0.1) is 11.3 Å². The Labute approximate surface area is 109 Å². The minimum atomic E-state index is -0.252. The number of rotatable bonds is 2. The SMILES string of the molecule is CN(C(=O)c1ccc(=O)[nH]c1)c1ccc(C#N)cc1. The van der Waals surface area contributed by atoms with E-state index < -0.39 is 0 Å². The molecule has 0 fully saturated rings. The van der Waals surface area contributed by atoms with Gasteiger partial charge in [-0.05, 0) is 30.3 Å². The van der Waals surface area contributed by atoms with E-state index in [9.17, 15) is 9.59 Å². The van der Waals surface area contributed by atoms with E-state index in [-0.39, 0.29) is 11.5 Å². The summed E-state index contributed by atoms with van der Waals surface area (Å²) in [6.45, 7) is 0. The van der Waals surface area contributed by atoms with Crippen molar-refractivity contribution in [3.8, 4) is 6.07 Å². The summed E-state index contributed by atoms with van der Waals surface area (Å²) in [5.41, 5.74) is 1.35. The molecule has 94 valence electrons. The third-order valence-corrected chi connectivity index (χ3v) is 2.72. The van der Waals surface area contributed by atoms with Gasteiger partial charge in [-0.25, -0.2) is 0 Å². The number of aromatic amines is 1. The lowest BCUT2D eigenvalue weighted by Crippen LogP contribution is -2.26. The molecule has 1 aromatic carbocycles. The molecule has 5 heteroatoms. The smallest absolute Gasteiger partial charge is 0.259 e. The number of amides is 1. The topological polar surface area (TPSA) is 77.0 Å². The molecular formula is C14H11N3O2. The summed E-state index contributed by atoms with van der Waals surface area (Å²) in [5.74, 6) is -0.235. The Morgan fingerprint density at radius 3 is 2.42 bits per heavy atom. The number of nitriles is 1. The molecule has 0 saturated heterocycles. The third kappa shape index (κ3) is 2.69. The number of benzene rings is 1. The molecule has 0 atom stereocenters. The van der Waals surface area contributed by atoms with Crippen LogP contribution in [0.3, 0.4) is 0 Å². The second-order valence-corrected chi connectivity index (χ2v) is 3.96. The van der Waals surface area contributed by atoms with Crippen molar-refractivity contribution in [1.29, 1.82) is 5.26 Å². The van der Waals surface area contributed by atoms with Crippen molar-refractivity contribution in [3.05, 3.63) is 64.1 Å². The van der Waals surface area contributed by atoms with Gasteiger partial charge in [-0.3, -0.25) is 9.59 Å². The van der Waals surface area contributed by atoms with E-state index in [4.69, 9.17) is 5.26 Å². The standard InChI is InChI=1S/C14H11N3O2/c1-17(12-5-2-10(8-15)3-6-12)14(19)11-4-7-13(18)16-9-11/h2-7,9H,1H3,(H,16,18). The minimum Gasteiger partial charge on any atom is -0.328 e. The lowest BCUT2D eigenvalue weighted by Gasteiger charge is -2.17. The fourth-order valence-electron chi connectivity index (χ4n) is 1.61. The lowest BCUT2D eigenvalue weighted by atomic mass is 10.2. The van der Waals surface area contributed by atoms with Gasteiger partial charge in [0.05, 0.1) is 17.2 Å². The second-order valence-electron chi connectivity index (χ2n) is 3.96. The highest BCUT2D eigenvalue weighted by Gasteiger charge is 2.13. The Bertz CT molecular complexity index is 675. The first-order valence-corrected chi connectivity index (χ1v) is 5.59. The van der Waals surface area contributed by atoms with Crippen LogP contribution in [0.5, 0.6) is 0 Å². The average Bonchev–Trinajstić information content (AvgIpc) is 2.46. The maximum absolute atomic E-state index is 12.1. The minimum absolute atomic E-state index is 0.235. The quantitative estimate of drug-likeness (QED) is 0.881. The Morgan fingerprint density at radius 2 is 1.89 bits per heavy atom. The van der Waals surface area contributed by atoms with Gasteiger partial charge in [0.2, 0.25) is 5.56 Å². The van der Waals surface area contributed by atoms with Gasteiger partial charge in [0.15, 0.2) is 0 Å². The highest BCUT2D eigenvalue weighted by atomic mass is 16.2. The van der Waals surface area contributed by atoms with E-state index in [1.54, 1.807) is 31.3 Å².